The molecule has 82 valence electrons. The molecule has 0 heterocycles. The molecule has 16 heavy (non-hydrogen) atoms. The second-order valence-electron chi connectivity index (χ2n) is 3.25. The van der Waals surface area contributed by atoms with Crippen molar-refractivity contribution >= 4 is 5.69 Å². The topological polar surface area (TPSA) is 35.2 Å². The number of anilines is 1. The Balaban J connectivity index is 2.27. The summed E-state index contributed by atoms with van der Waals surface area (Å²) in [5.41, 5.74) is 6.05. The first kappa shape index (κ1) is 10.4. The normalized spacial score (nSPS) is 10.1. The number of ether oxygens (including phenoxy) is 1. The fraction of sp³-hybridized carbons (Fsp3) is 0. The molecule has 0 aliphatic rings. The third-order valence-corrected chi connectivity index (χ3v) is 1.98. The van der Waals surface area contributed by atoms with Crippen LogP contribution in [0.15, 0.2) is 42.5 Å². The molecular formula is C12H9F2NO. The van der Waals surface area contributed by atoms with Crippen LogP contribution in [-0.2, 0) is 0 Å². The van der Waals surface area contributed by atoms with Crippen molar-refractivity contribution in [1.29, 1.82) is 0 Å². The highest BCUT2D eigenvalue weighted by Crippen LogP contribution is 2.25. The molecule has 0 amide bonds. The van der Waals surface area contributed by atoms with Crippen molar-refractivity contribution in [3.8, 4) is 11.5 Å². The van der Waals surface area contributed by atoms with Gasteiger partial charge in [0.1, 0.15) is 11.6 Å². The predicted molar refractivity (Wildman–Crippen MR) is 57.3 cm³/mol. The highest BCUT2D eigenvalue weighted by Gasteiger charge is 2.05. The molecule has 0 saturated heterocycles. The summed E-state index contributed by atoms with van der Waals surface area (Å²) in [7, 11) is 0. The lowest BCUT2D eigenvalue weighted by Crippen LogP contribution is -1.90. The Kier molecular flexibility index (Phi) is 2.72. The molecule has 2 rings (SSSR count). The lowest BCUT2D eigenvalue weighted by Gasteiger charge is -2.06. The Morgan fingerprint density at radius 1 is 1.00 bits per heavy atom. The van der Waals surface area contributed by atoms with E-state index in [0.717, 1.165) is 12.1 Å². The van der Waals surface area contributed by atoms with Crippen LogP contribution in [0, 0.1) is 11.6 Å². The van der Waals surface area contributed by atoms with Crippen LogP contribution in [-0.4, -0.2) is 0 Å². The number of rotatable bonds is 2. The molecule has 2 nitrogen and oxygen atoms in total. The van der Waals surface area contributed by atoms with Gasteiger partial charge in [-0.15, -0.1) is 0 Å². The van der Waals surface area contributed by atoms with E-state index in [-0.39, 0.29) is 5.75 Å². The summed E-state index contributed by atoms with van der Waals surface area (Å²) in [5, 5.41) is 0. The molecule has 0 radical (unpaired) electrons. The van der Waals surface area contributed by atoms with E-state index in [1.54, 1.807) is 24.3 Å². The zero-order chi connectivity index (χ0) is 11.5. The lowest BCUT2D eigenvalue weighted by atomic mass is 10.3. The third kappa shape index (κ3) is 2.28. The second kappa shape index (κ2) is 4.18. The zero-order valence-corrected chi connectivity index (χ0v) is 8.28. The van der Waals surface area contributed by atoms with Crippen molar-refractivity contribution in [3.05, 3.63) is 54.1 Å². The van der Waals surface area contributed by atoms with E-state index in [1.165, 1.54) is 6.07 Å². The fourth-order valence-corrected chi connectivity index (χ4v) is 1.26. The Hall–Kier alpha value is -2.10. The molecule has 0 saturated carbocycles. The van der Waals surface area contributed by atoms with Crippen LogP contribution >= 0.6 is 0 Å². The van der Waals surface area contributed by atoms with E-state index < -0.39 is 11.6 Å². The van der Waals surface area contributed by atoms with Gasteiger partial charge in [0.2, 0.25) is 0 Å². The van der Waals surface area contributed by atoms with Crippen molar-refractivity contribution in [2.24, 2.45) is 0 Å². The molecule has 0 bridgehead atoms. The molecule has 0 aromatic heterocycles. The number of nitrogens with two attached hydrogens (primary N) is 1. The minimum atomic E-state index is -0.748. The predicted octanol–water partition coefficient (Wildman–Crippen LogP) is 3.34. The van der Waals surface area contributed by atoms with Gasteiger partial charge >= 0.3 is 0 Å². The SMILES string of the molecule is Nc1cccc(Oc2ccc(F)cc2F)c1. The molecule has 2 N–H and O–H groups in total. The molecule has 0 aliphatic carbocycles. The molecule has 0 spiro atoms. The van der Waals surface area contributed by atoms with E-state index in [0.29, 0.717) is 11.4 Å². The average molecular weight is 221 g/mol. The number of benzene rings is 2. The van der Waals surface area contributed by atoms with Crippen LogP contribution in [0.4, 0.5) is 14.5 Å². The molecule has 4 heteroatoms. The monoisotopic (exact) mass is 221 g/mol. The first-order chi connectivity index (χ1) is 7.65. The van der Waals surface area contributed by atoms with Crippen LogP contribution in [0.5, 0.6) is 11.5 Å². The average Bonchev–Trinajstić information content (AvgIpc) is 2.22. The maximum atomic E-state index is 13.2. The van der Waals surface area contributed by atoms with Gasteiger partial charge in [-0.05, 0) is 24.3 Å². The number of nitrogen functional groups attached to an aromatic ring is 1. The van der Waals surface area contributed by atoms with Crippen molar-refractivity contribution in [2.45, 2.75) is 0 Å². The minimum absolute atomic E-state index is 0.0352. The summed E-state index contributed by atoms with van der Waals surface area (Å²) in [6.07, 6.45) is 0. The maximum absolute atomic E-state index is 13.2. The largest absolute Gasteiger partial charge is 0.454 e. The van der Waals surface area contributed by atoms with Crippen molar-refractivity contribution in [2.75, 3.05) is 5.73 Å². The van der Waals surface area contributed by atoms with Gasteiger partial charge in [0, 0.05) is 17.8 Å². The Morgan fingerprint density at radius 2 is 1.81 bits per heavy atom. The fourth-order valence-electron chi connectivity index (χ4n) is 1.26. The molecule has 0 aliphatic heterocycles. The third-order valence-electron chi connectivity index (χ3n) is 1.98. The standard InChI is InChI=1S/C12H9F2NO/c13-8-4-5-12(11(14)6-8)16-10-3-1-2-9(15)7-10/h1-7H,15H2. The van der Waals surface area contributed by atoms with Crippen molar-refractivity contribution in [3.63, 3.8) is 0 Å². The van der Waals surface area contributed by atoms with E-state index in [9.17, 15) is 8.78 Å². The van der Waals surface area contributed by atoms with Crippen LogP contribution in [0.3, 0.4) is 0 Å². The first-order valence-electron chi connectivity index (χ1n) is 4.63. The van der Waals surface area contributed by atoms with E-state index >= 15 is 0 Å². The summed E-state index contributed by atoms with van der Waals surface area (Å²) in [6, 6.07) is 9.70. The van der Waals surface area contributed by atoms with E-state index in [4.69, 9.17) is 10.5 Å². The summed E-state index contributed by atoms with van der Waals surface area (Å²) in [4.78, 5) is 0. The number of hydrogen-bond acceptors (Lipinski definition) is 2. The number of halogens is 2. The van der Waals surface area contributed by atoms with Gasteiger partial charge in [-0.3, -0.25) is 0 Å². The highest BCUT2D eigenvalue weighted by atomic mass is 19.1. The van der Waals surface area contributed by atoms with Gasteiger partial charge in [0.15, 0.2) is 11.6 Å². The Bertz CT molecular complexity index is 514. The number of hydrogen-bond donors (Lipinski definition) is 1. The minimum Gasteiger partial charge on any atom is -0.454 e. The highest BCUT2D eigenvalue weighted by molar-refractivity contribution is 5.45. The van der Waals surface area contributed by atoms with Gasteiger partial charge in [0.25, 0.3) is 0 Å². The molecule has 2 aromatic carbocycles. The van der Waals surface area contributed by atoms with Crippen LogP contribution in [0.25, 0.3) is 0 Å². The van der Waals surface area contributed by atoms with E-state index in [1.807, 2.05) is 0 Å². The Labute approximate surface area is 91.3 Å². The summed E-state index contributed by atoms with van der Waals surface area (Å²) in [6.45, 7) is 0. The van der Waals surface area contributed by atoms with Gasteiger partial charge < -0.3 is 10.5 Å². The molecule has 2 aromatic rings. The van der Waals surface area contributed by atoms with Gasteiger partial charge in [-0.25, -0.2) is 8.78 Å². The van der Waals surface area contributed by atoms with Crippen LogP contribution in [0.2, 0.25) is 0 Å². The molecule has 0 fully saturated rings. The quantitative estimate of drug-likeness (QED) is 0.789. The van der Waals surface area contributed by atoms with Crippen LogP contribution in [0.1, 0.15) is 0 Å². The van der Waals surface area contributed by atoms with Crippen molar-refractivity contribution in [1.82, 2.24) is 0 Å². The van der Waals surface area contributed by atoms with Gasteiger partial charge in [-0.1, -0.05) is 6.07 Å². The van der Waals surface area contributed by atoms with E-state index in [2.05, 4.69) is 0 Å². The van der Waals surface area contributed by atoms with Gasteiger partial charge in [-0.2, -0.15) is 0 Å². The maximum Gasteiger partial charge on any atom is 0.168 e. The zero-order valence-electron chi connectivity index (χ0n) is 8.28. The second-order valence-corrected chi connectivity index (χ2v) is 3.25. The molecule has 0 atom stereocenters. The molecule has 0 unspecified atom stereocenters. The molecular weight excluding hydrogens is 212 g/mol. The summed E-state index contributed by atoms with van der Waals surface area (Å²) in [5.74, 6) is -1.02. The van der Waals surface area contributed by atoms with Crippen molar-refractivity contribution < 1.29 is 13.5 Å². The summed E-state index contributed by atoms with van der Waals surface area (Å²) < 4.78 is 31.1. The Morgan fingerprint density at radius 3 is 2.50 bits per heavy atom. The smallest absolute Gasteiger partial charge is 0.168 e. The summed E-state index contributed by atoms with van der Waals surface area (Å²) >= 11 is 0. The first-order valence-corrected chi connectivity index (χ1v) is 4.63. The van der Waals surface area contributed by atoms with Gasteiger partial charge in [0.05, 0.1) is 0 Å². The lowest BCUT2D eigenvalue weighted by molar-refractivity contribution is 0.438. The van der Waals surface area contributed by atoms with Crippen LogP contribution < -0.4 is 10.5 Å².